The summed E-state index contributed by atoms with van der Waals surface area (Å²) in [6.45, 7) is 20.5. The second-order valence-corrected chi connectivity index (χ2v) is 18.5. The van der Waals surface area contributed by atoms with Gasteiger partial charge in [-0.15, -0.1) is 0 Å². The van der Waals surface area contributed by atoms with Crippen LogP contribution in [0.4, 0.5) is 4.79 Å². The Morgan fingerprint density at radius 1 is 0.949 bits per heavy atom. The molecule has 18 atom stereocenters. The lowest BCUT2D eigenvalue weighted by atomic mass is 9.77. The van der Waals surface area contributed by atoms with Crippen LogP contribution in [0.5, 0.6) is 0 Å². The number of rotatable bonds is 11. The van der Waals surface area contributed by atoms with Crippen molar-refractivity contribution in [2.24, 2.45) is 17.8 Å². The van der Waals surface area contributed by atoms with Crippen LogP contribution in [0.25, 0.3) is 0 Å². The van der Waals surface area contributed by atoms with E-state index < -0.39 is 96.0 Å². The first-order valence-corrected chi connectivity index (χ1v) is 21.6. The van der Waals surface area contributed by atoms with E-state index in [1.54, 1.807) is 48.5 Å². The first kappa shape index (κ1) is 51.6. The van der Waals surface area contributed by atoms with Crippen molar-refractivity contribution in [2.45, 2.75) is 192 Å². The smallest absolute Gasteiger partial charge is 0.314 e. The highest BCUT2D eigenvalue weighted by Crippen LogP contribution is 2.40. The molecule has 3 heterocycles. The number of aliphatic hydroxyl groups is 5. The standard InChI is InChI=1S/C42H80N4O13/c1-15-30-42(11,53)34(48)27(7)46(18-17-44-39(51)43-16-2)22-23(3)20-40(9,52)36(59-38-32(47)29(45(12)13)19-24(4)55-38)25(5)33(26(6)37(50)57-30)58-31-21-41(10,54-14)35(49)28(8)56-31/h23-36,38,47-49,52-53H,15-22H2,1-14H3,(H2,43,44,51)/t23-,24-,25+,26-,27-,28+,29+,30-,31-,32-,33+,34-,35+,36-,38+,40-,41-,42-/m1/s1. The lowest BCUT2D eigenvalue weighted by Gasteiger charge is -2.48. The summed E-state index contributed by atoms with van der Waals surface area (Å²) < 4.78 is 37.8. The van der Waals surface area contributed by atoms with Gasteiger partial charge in [0.2, 0.25) is 0 Å². The minimum atomic E-state index is -1.91. The molecule has 17 heteroatoms. The van der Waals surface area contributed by atoms with E-state index in [-0.39, 0.29) is 49.9 Å². The van der Waals surface area contributed by atoms with Gasteiger partial charge in [-0.25, -0.2) is 4.79 Å². The molecule has 0 aliphatic carbocycles. The van der Waals surface area contributed by atoms with Crippen LogP contribution in [0, 0.1) is 17.8 Å². The normalized spacial score (nSPS) is 44.9. The Balaban J connectivity index is 2.19. The first-order valence-electron chi connectivity index (χ1n) is 21.6. The Bertz CT molecular complexity index is 1330. The van der Waals surface area contributed by atoms with Gasteiger partial charge in [-0.05, 0) is 94.7 Å². The quantitative estimate of drug-likeness (QED) is 0.147. The zero-order valence-corrected chi connectivity index (χ0v) is 38.2. The molecule has 3 rings (SSSR count). The number of nitrogens with zero attached hydrogens (tertiary/aromatic N) is 2. The molecule has 0 unspecified atom stereocenters. The minimum absolute atomic E-state index is 0.104. The molecule has 0 aromatic rings. The summed E-state index contributed by atoms with van der Waals surface area (Å²) in [4.78, 5) is 30.6. The van der Waals surface area contributed by atoms with Gasteiger partial charge in [0, 0.05) is 57.7 Å². The van der Waals surface area contributed by atoms with Gasteiger partial charge < -0.3 is 69.5 Å². The number of carbonyl (C=O) groups excluding carboxylic acids is 2. The Kier molecular flexibility index (Phi) is 18.9. The molecule has 3 saturated heterocycles. The molecule has 17 nitrogen and oxygen atoms in total. The van der Waals surface area contributed by atoms with Gasteiger partial charge in [-0.2, -0.15) is 0 Å². The summed E-state index contributed by atoms with van der Waals surface area (Å²) in [5.74, 6) is -2.87. The van der Waals surface area contributed by atoms with Gasteiger partial charge in [0.1, 0.15) is 30.0 Å². The third-order valence-corrected chi connectivity index (χ3v) is 13.1. The summed E-state index contributed by atoms with van der Waals surface area (Å²) in [6, 6.07) is -1.35. The molecule has 7 N–H and O–H groups in total. The van der Waals surface area contributed by atoms with Crippen LogP contribution in [0.15, 0.2) is 0 Å². The SMILES string of the molecule is CCNC(=O)NCCN1C[C@H](C)C[C@@](C)(O)[C@H](O[C@@H]2O[C@H](C)C[C@H](N(C)C)[C@H]2O)[C@@H](C)[C@H](O[C@@H]2C[C@@](C)(OC)[C@@H](O)[C@H](C)O2)[C@@H](C)C(=O)O[C@H](CC)[C@@](C)(O)[C@H](O)[C@H]1C. The molecule has 3 aliphatic rings. The molecule has 0 aromatic heterocycles. The van der Waals surface area contributed by atoms with E-state index in [4.69, 9.17) is 28.4 Å². The second-order valence-electron chi connectivity index (χ2n) is 18.5. The molecule has 3 aliphatic heterocycles. The van der Waals surface area contributed by atoms with E-state index in [1.165, 1.54) is 14.0 Å². The summed E-state index contributed by atoms with van der Waals surface area (Å²) in [6.07, 6.45) is -8.97. The molecule has 3 fully saturated rings. The van der Waals surface area contributed by atoms with Gasteiger partial charge in [0.25, 0.3) is 0 Å². The third-order valence-electron chi connectivity index (χ3n) is 13.1. The number of carbonyl (C=O) groups is 2. The van der Waals surface area contributed by atoms with Crippen molar-refractivity contribution in [1.29, 1.82) is 0 Å². The van der Waals surface area contributed by atoms with Crippen molar-refractivity contribution in [1.82, 2.24) is 20.4 Å². The maximum atomic E-state index is 14.4. The number of ether oxygens (including phenoxy) is 6. The second kappa shape index (κ2) is 21.6. The molecular weight excluding hydrogens is 768 g/mol. The van der Waals surface area contributed by atoms with Crippen LogP contribution in [0.3, 0.4) is 0 Å². The molecule has 0 aromatic carbocycles. The van der Waals surface area contributed by atoms with Crippen LogP contribution in [-0.2, 0) is 33.2 Å². The van der Waals surface area contributed by atoms with Gasteiger partial charge >= 0.3 is 12.0 Å². The fourth-order valence-corrected chi connectivity index (χ4v) is 9.43. The number of hydrogen-bond donors (Lipinski definition) is 7. The lowest BCUT2D eigenvalue weighted by molar-refractivity contribution is -0.318. The summed E-state index contributed by atoms with van der Waals surface area (Å²) in [7, 11) is 5.24. The lowest BCUT2D eigenvalue weighted by Crippen LogP contribution is -2.60. The van der Waals surface area contributed by atoms with Gasteiger partial charge in [-0.1, -0.05) is 20.8 Å². The zero-order chi connectivity index (χ0) is 44.8. The number of urea groups is 1. The topological polar surface area (TPSA) is 221 Å². The summed E-state index contributed by atoms with van der Waals surface area (Å²) in [5.41, 5.74) is -4.61. The highest BCUT2D eigenvalue weighted by molar-refractivity contribution is 5.73. The van der Waals surface area contributed by atoms with E-state index >= 15 is 0 Å². The molecule has 346 valence electrons. The number of methoxy groups -OCH3 is 1. The van der Waals surface area contributed by atoms with Crippen LogP contribution >= 0.6 is 0 Å². The van der Waals surface area contributed by atoms with Crippen molar-refractivity contribution in [3.05, 3.63) is 0 Å². The van der Waals surface area contributed by atoms with Crippen molar-refractivity contribution >= 4 is 12.0 Å². The predicted octanol–water partition coefficient (Wildman–Crippen LogP) is 1.59. The van der Waals surface area contributed by atoms with Gasteiger partial charge in [0.15, 0.2) is 12.6 Å². The van der Waals surface area contributed by atoms with Crippen molar-refractivity contribution in [3.8, 4) is 0 Å². The van der Waals surface area contributed by atoms with Gasteiger partial charge in [0.05, 0.1) is 41.5 Å². The third kappa shape index (κ3) is 12.7. The molecule has 59 heavy (non-hydrogen) atoms. The molecule has 0 saturated carbocycles. The Hall–Kier alpha value is -1.74. The van der Waals surface area contributed by atoms with Crippen LogP contribution in [0.2, 0.25) is 0 Å². The van der Waals surface area contributed by atoms with Crippen molar-refractivity contribution in [3.63, 3.8) is 0 Å². The largest absolute Gasteiger partial charge is 0.459 e. The molecule has 0 radical (unpaired) electrons. The summed E-state index contributed by atoms with van der Waals surface area (Å²) in [5, 5.41) is 64.8. The Morgan fingerprint density at radius 3 is 2.17 bits per heavy atom. The van der Waals surface area contributed by atoms with E-state index in [0.29, 0.717) is 26.1 Å². The number of cyclic esters (lactones) is 1. The number of amides is 2. The molecule has 0 spiro atoms. The van der Waals surface area contributed by atoms with Crippen LogP contribution < -0.4 is 10.6 Å². The number of nitrogens with one attached hydrogen (secondary N) is 2. The van der Waals surface area contributed by atoms with E-state index in [0.717, 1.165) is 0 Å². The zero-order valence-electron chi connectivity index (χ0n) is 38.2. The Morgan fingerprint density at radius 2 is 1.59 bits per heavy atom. The maximum absolute atomic E-state index is 14.4. The minimum Gasteiger partial charge on any atom is -0.459 e. The average molecular weight is 849 g/mol. The number of aliphatic hydroxyl groups excluding tert-OH is 3. The number of likely N-dealkylation sites (N-methyl/N-ethyl adjacent to an activating group) is 1. The number of hydrogen-bond acceptors (Lipinski definition) is 15. The fourth-order valence-electron chi connectivity index (χ4n) is 9.43. The maximum Gasteiger partial charge on any atom is 0.314 e. The van der Waals surface area contributed by atoms with E-state index in [9.17, 15) is 35.1 Å². The first-order chi connectivity index (χ1) is 27.3. The van der Waals surface area contributed by atoms with Gasteiger partial charge in [-0.3, -0.25) is 9.69 Å². The molecule has 0 bridgehead atoms. The average Bonchev–Trinajstić information content (AvgIpc) is 3.15. The molecular formula is C42H80N4O13. The van der Waals surface area contributed by atoms with E-state index in [1.807, 2.05) is 44.7 Å². The highest BCUT2D eigenvalue weighted by Gasteiger charge is 2.53. The summed E-state index contributed by atoms with van der Waals surface area (Å²) >= 11 is 0. The van der Waals surface area contributed by atoms with Crippen LogP contribution in [-0.4, -0.2) is 185 Å². The predicted molar refractivity (Wildman–Crippen MR) is 220 cm³/mol. The van der Waals surface area contributed by atoms with Crippen LogP contribution in [0.1, 0.15) is 102 Å². The van der Waals surface area contributed by atoms with Crippen molar-refractivity contribution < 1.29 is 63.5 Å². The fraction of sp³-hybridized carbons (Fsp3) is 0.952. The number of esters is 1. The van der Waals surface area contributed by atoms with Crippen molar-refractivity contribution in [2.75, 3.05) is 47.4 Å². The Labute approximate surface area is 352 Å². The monoisotopic (exact) mass is 849 g/mol. The molecule has 2 amide bonds. The van der Waals surface area contributed by atoms with E-state index in [2.05, 4.69) is 10.6 Å². The highest BCUT2D eigenvalue weighted by atomic mass is 16.7.